The van der Waals surface area contributed by atoms with Crippen molar-refractivity contribution in [1.82, 2.24) is 15.1 Å². The highest BCUT2D eigenvalue weighted by Crippen LogP contribution is 2.33. The van der Waals surface area contributed by atoms with E-state index in [1.54, 1.807) is 18.2 Å². The molecule has 2 N–H and O–H groups in total. The van der Waals surface area contributed by atoms with Crippen LogP contribution in [0.3, 0.4) is 0 Å². The van der Waals surface area contributed by atoms with Crippen molar-refractivity contribution in [3.63, 3.8) is 0 Å². The third-order valence-corrected chi connectivity index (χ3v) is 8.77. The van der Waals surface area contributed by atoms with E-state index in [0.29, 0.717) is 17.9 Å². The van der Waals surface area contributed by atoms with Crippen molar-refractivity contribution in [3.8, 4) is 0 Å². The monoisotopic (exact) mass is 626 g/mol. The summed E-state index contributed by atoms with van der Waals surface area (Å²) in [6.45, 7) is 16.5. The van der Waals surface area contributed by atoms with Gasteiger partial charge in [0.05, 0.1) is 17.7 Å². The van der Waals surface area contributed by atoms with E-state index < -0.39 is 29.7 Å². The number of rotatable bonds is 7. The fourth-order valence-corrected chi connectivity index (χ4v) is 6.36. The summed E-state index contributed by atoms with van der Waals surface area (Å²) in [6.07, 6.45) is 0.206. The quantitative estimate of drug-likeness (QED) is 0.291. The van der Waals surface area contributed by atoms with Crippen LogP contribution in [0.25, 0.3) is 4.85 Å². The highest BCUT2D eigenvalue weighted by molar-refractivity contribution is 6.25. The molecule has 3 aliphatic rings. The predicted molar refractivity (Wildman–Crippen MR) is 174 cm³/mol. The van der Waals surface area contributed by atoms with Crippen molar-refractivity contribution < 1.29 is 19.2 Å². The van der Waals surface area contributed by atoms with Crippen LogP contribution in [-0.2, 0) is 22.7 Å². The lowest BCUT2D eigenvalue weighted by atomic mass is 10.0. The van der Waals surface area contributed by atoms with Crippen molar-refractivity contribution in [1.29, 1.82) is 0 Å². The lowest BCUT2D eigenvalue weighted by Crippen LogP contribution is -2.54. The zero-order chi connectivity index (χ0) is 31.0. The first-order chi connectivity index (χ1) is 21.2. The Labute approximate surface area is 268 Å². The molecule has 0 spiro atoms. The molecule has 0 aliphatic carbocycles. The number of carbonyl (C=O) groups is 4. The van der Waals surface area contributed by atoms with E-state index in [-0.39, 0.29) is 36.4 Å². The maximum absolute atomic E-state index is 13.4. The molecule has 0 bridgehead atoms. The second-order valence-corrected chi connectivity index (χ2v) is 11.6. The van der Waals surface area contributed by atoms with Crippen LogP contribution in [0.5, 0.6) is 0 Å². The minimum atomic E-state index is -0.993. The van der Waals surface area contributed by atoms with E-state index in [4.69, 9.17) is 6.57 Å². The summed E-state index contributed by atoms with van der Waals surface area (Å²) in [5, 5.41) is 5.56. The van der Waals surface area contributed by atoms with Gasteiger partial charge in [-0.25, -0.2) is 4.85 Å². The number of amides is 4. The van der Waals surface area contributed by atoms with Crippen LogP contribution >= 0.6 is 12.4 Å². The normalized spacial score (nSPS) is 18.3. The first-order valence-corrected chi connectivity index (χ1v) is 14.9. The number of piperidine rings is 1. The Hall–Kier alpha value is -4.72. The van der Waals surface area contributed by atoms with Gasteiger partial charge in [-0.3, -0.25) is 34.3 Å². The van der Waals surface area contributed by atoms with Gasteiger partial charge in [-0.2, -0.15) is 0 Å². The van der Waals surface area contributed by atoms with E-state index in [9.17, 15) is 19.2 Å². The highest BCUT2D eigenvalue weighted by Gasteiger charge is 2.45. The molecule has 45 heavy (non-hydrogen) atoms. The van der Waals surface area contributed by atoms with Crippen LogP contribution in [0, 0.1) is 20.4 Å². The number of carbonyl (C=O) groups excluding carboxylic acids is 4. The summed E-state index contributed by atoms with van der Waals surface area (Å²) in [5.41, 5.74) is 7.55. The van der Waals surface area contributed by atoms with E-state index in [1.165, 1.54) is 16.8 Å². The van der Waals surface area contributed by atoms with Crippen LogP contribution in [0.2, 0.25) is 0 Å². The van der Waals surface area contributed by atoms with Crippen molar-refractivity contribution in [2.45, 2.75) is 45.8 Å². The van der Waals surface area contributed by atoms with Crippen LogP contribution < -0.4 is 15.5 Å². The van der Waals surface area contributed by atoms with Crippen molar-refractivity contribution in [2.24, 2.45) is 0 Å². The number of fused-ring (bicyclic) bond motifs is 1. The zero-order valence-corrected chi connectivity index (χ0v) is 26.1. The number of halogens is 1. The van der Waals surface area contributed by atoms with E-state index in [1.807, 2.05) is 12.1 Å². The second-order valence-electron chi connectivity index (χ2n) is 11.6. The SMILES string of the molecule is Cl.[C-]#[N+]c1ccc(N2CCN(Cc3ccc(CNc4cccc5c4C(=O)N(C4CCC(=O)NC4=O)C5=O)cc3C)CC2)c(C)c1. The van der Waals surface area contributed by atoms with Crippen LogP contribution in [0.1, 0.15) is 55.8 Å². The smallest absolute Gasteiger partial charge is 0.264 e. The summed E-state index contributed by atoms with van der Waals surface area (Å²) in [5.74, 6) is -2.06. The standard InChI is InChI=1S/C34H34N6O4.ClH/c1-21-17-23(7-8-24(21)20-38-13-15-39(16-14-38)28-10-9-25(35-3)18-22(28)2)19-36-27-6-4-5-26-31(27)34(44)40(33(26)43)29-11-12-30(41)37-32(29)42;/h4-10,17-18,29,36H,11-16,19-20H2,1-2H3,(H,37,41,42);1H. The fraction of sp³-hybridized carbons (Fsp3) is 0.324. The Morgan fingerprint density at radius 2 is 1.71 bits per heavy atom. The Morgan fingerprint density at radius 3 is 2.40 bits per heavy atom. The third kappa shape index (κ3) is 6.27. The minimum Gasteiger partial charge on any atom is -0.380 e. The van der Waals surface area contributed by atoms with Gasteiger partial charge in [-0.15, -0.1) is 12.4 Å². The zero-order valence-electron chi connectivity index (χ0n) is 25.3. The van der Waals surface area contributed by atoms with E-state index in [2.05, 4.69) is 63.4 Å². The maximum atomic E-state index is 13.4. The molecule has 2 fully saturated rings. The largest absolute Gasteiger partial charge is 0.380 e. The van der Waals surface area contributed by atoms with Crippen LogP contribution in [0.4, 0.5) is 17.1 Å². The van der Waals surface area contributed by atoms with E-state index in [0.717, 1.165) is 48.8 Å². The van der Waals surface area contributed by atoms with Gasteiger partial charge in [-0.1, -0.05) is 36.4 Å². The molecule has 3 aliphatic heterocycles. The Bertz CT molecular complexity index is 1730. The number of nitrogens with zero attached hydrogens (tertiary/aromatic N) is 4. The molecular formula is C34H35ClN6O4. The Kier molecular flexibility index (Phi) is 9.23. The minimum absolute atomic E-state index is 0. The Balaban J connectivity index is 0.00000400. The van der Waals surface area contributed by atoms with Gasteiger partial charge in [0.1, 0.15) is 6.04 Å². The summed E-state index contributed by atoms with van der Waals surface area (Å²) >= 11 is 0. The number of imide groups is 2. The van der Waals surface area contributed by atoms with Gasteiger partial charge in [0.25, 0.3) is 11.8 Å². The topological polar surface area (TPSA) is 106 Å². The number of piperazine rings is 1. The summed E-state index contributed by atoms with van der Waals surface area (Å²) in [7, 11) is 0. The highest BCUT2D eigenvalue weighted by atomic mass is 35.5. The number of anilines is 2. The van der Waals surface area contributed by atoms with Crippen molar-refractivity contribution in [2.75, 3.05) is 36.4 Å². The molecule has 11 heteroatoms. The van der Waals surface area contributed by atoms with Gasteiger partial charge in [0.15, 0.2) is 5.69 Å². The molecule has 10 nitrogen and oxygen atoms in total. The second kappa shape index (κ2) is 13.1. The summed E-state index contributed by atoms with van der Waals surface area (Å²) in [4.78, 5) is 59.9. The summed E-state index contributed by atoms with van der Waals surface area (Å²) in [6, 6.07) is 16.4. The molecule has 3 aromatic rings. The maximum Gasteiger partial charge on any atom is 0.264 e. The Morgan fingerprint density at radius 1 is 0.933 bits per heavy atom. The number of hydrogen-bond donors (Lipinski definition) is 2. The number of nitrogens with one attached hydrogen (secondary N) is 2. The summed E-state index contributed by atoms with van der Waals surface area (Å²) < 4.78 is 0. The van der Waals surface area contributed by atoms with Crippen LogP contribution in [-0.4, -0.2) is 65.6 Å². The average Bonchev–Trinajstić information content (AvgIpc) is 3.27. The fourth-order valence-electron chi connectivity index (χ4n) is 6.36. The first kappa shape index (κ1) is 31.7. The van der Waals surface area contributed by atoms with Gasteiger partial charge >= 0.3 is 0 Å². The van der Waals surface area contributed by atoms with E-state index >= 15 is 0 Å². The lowest BCUT2D eigenvalue weighted by molar-refractivity contribution is -0.136. The van der Waals surface area contributed by atoms with Gasteiger partial charge in [-0.05, 0) is 60.7 Å². The third-order valence-electron chi connectivity index (χ3n) is 8.77. The van der Waals surface area contributed by atoms with Crippen molar-refractivity contribution in [3.05, 3.63) is 99.4 Å². The van der Waals surface area contributed by atoms with Crippen LogP contribution in [0.15, 0.2) is 54.6 Å². The van der Waals surface area contributed by atoms with Gasteiger partial charge in [0.2, 0.25) is 11.8 Å². The van der Waals surface area contributed by atoms with Gasteiger partial charge < -0.3 is 10.2 Å². The van der Waals surface area contributed by atoms with Crippen molar-refractivity contribution >= 4 is 53.1 Å². The molecule has 0 aromatic heterocycles. The molecule has 0 saturated carbocycles. The number of benzene rings is 3. The number of hydrogen-bond acceptors (Lipinski definition) is 7. The molecule has 232 valence electrons. The molecular weight excluding hydrogens is 592 g/mol. The predicted octanol–water partition coefficient (Wildman–Crippen LogP) is 4.61. The molecule has 6 rings (SSSR count). The lowest BCUT2D eigenvalue weighted by Gasteiger charge is -2.37. The molecule has 1 atom stereocenters. The molecule has 1 unspecified atom stereocenters. The molecule has 3 heterocycles. The molecule has 3 aromatic carbocycles. The average molecular weight is 627 g/mol. The molecule has 0 radical (unpaired) electrons. The van der Waals surface area contributed by atoms with Gasteiger partial charge in [0, 0.05) is 57.1 Å². The first-order valence-electron chi connectivity index (χ1n) is 14.9. The molecule has 4 amide bonds. The number of aryl methyl sites for hydroxylation is 2. The molecule has 2 saturated heterocycles.